The standard InChI is InChI=1S/C11H11FO4/c12-6-1-2-8(13)7(5-6)11(3-4-11)9(14)10(15)16/h1-2,5,9,13-14H,3-4H2,(H,15,16). The van der Waals surface area contributed by atoms with E-state index < -0.39 is 23.3 Å². The number of phenols is 1. The first-order valence-electron chi connectivity index (χ1n) is 4.87. The van der Waals surface area contributed by atoms with Crippen LogP contribution in [0.3, 0.4) is 0 Å². The van der Waals surface area contributed by atoms with Crippen LogP contribution in [0.1, 0.15) is 18.4 Å². The van der Waals surface area contributed by atoms with E-state index in [1.54, 1.807) is 0 Å². The van der Waals surface area contributed by atoms with Gasteiger partial charge in [0, 0.05) is 11.0 Å². The van der Waals surface area contributed by atoms with Crippen molar-refractivity contribution >= 4 is 5.97 Å². The largest absolute Gasteiger partial charge is 0.508 e. The van der Waals surface area contributed by atoms with Crippen LogP contribution in [0.25, 0.3) is 0 Å². The van der Waals surface area contributed by atoms with Crippen LogP contribution < -0.4 is 0 Å². The molecule has 3 N–H and O–H groups in total. The molecule has 1 aromatic rings. The Morgan fingerprint density at radius 1 is 1.44 bits per heavy atom. The first kappa shape index (κ1) is 10.9. The molecule has 1 aliphatic carbocycles. The second kappa shape index (κ2) is 3.45. The molecule has 0 bridgehead atoms. The van der Waals surface area contributed by atoms with Crippen molar-refractivity contribution in [2.24, 2.45) is 0 Å². The van der Waals surface area contributed by atoms with E-state index in [0.29, 0.717) is 12.8 Å². The highest BCUT2D eigenvalue weighted by Crippen LogP contribution is 2.53. The van der Waals surface area contributed by atoms with Gasteiger partial charge in [-0.2, -0.15) is 0 Å². The maximum absolute atomic E-state index is 13.0. The number of aliphatic hydroxyl groups is 1. The maximum Gasteiger partial charge on any atom is 0.333 e. The lowest BCUT2D eigenvalue weighted by Crippen LogP contribution is -2.33. The van der Waals surface area contributed by atoms with Gasteiger partial charge in [0.05, 0.1) is 0 Å². The number of hydrogen-bond acceptors (Lipinski definition) is 3. The van der Waals surface area contributed by atoms with Crippen LogP contribution in [0.15, 0.2) is 18.2 Å². The summed E-state index contributed by atoms with van der Waals surface area (Å²) in [5.74, 6) is -2.10. The number of aliphatic hydroxyl groups excluding tert-OH is 1. The lowest BCUT2D eigenvalue weighted by molar-refractivity contribution is -0.148. The Balaban J connectivity index is 2.44. The van der Waals surface area contributed by atoms with Gasteiger partial charge >= 0.3 is 5.97 Å². The van der Waals surface area contributed by atoms with Gasteiger partial charge in [0.2, 0.25) is 0 Å². The molecule has 0 radical (unpaired) electrons. The molecule has 86 valence electrons. The van der Waals surface area contributed by atoms with Crippen molar-refractivity contribution < 1.29 is 24.5 Å². The van der Waals surface area contributed by atoms with Crippen LogP contribution in [-0.2, 0) is 10.2 Å². The summed E-state index contributed by atoms with van der Waals surface area (Å²) in [4.78, 5) is 10.7. The van der Waals surface area contributed by atoms with Gasteiger partial charge in [0.1, 0.15) is 11.6 Å². The first-order valence-corrected chi connectivity index (χ1v) is 4.87. The minimum absolute atomic E-state index is 0.169. The van der Waals surface area contributed by atoms with E-state index in [-0.39, 0.29) is 11.3 Å². The van der Waals surface area contributed by atoms with Crippen LogP contribution in [0.4, 0.5) is 4.39 Å². The summed E-state index contributed by atoms with van der Waals surface area (Å²) in [5, 5.41) is 27.9. The van der Waals surface area contributed by atoms with E-state index in [9.17, 15) is 19.4 Å². The summed E-state index contributed by atoms with van der Waals surface area (Å²) in [6, 6.07) is 3.33. The Morgan fingerprint density at radius 3 is 2.56 bits per heavy atom. The Hall–Kier alpha value is -1.62. The smallest absolute Gasteiger partial charge is 0.333 e. The van der Waals surface area contributed by atoms with E-state index in [2.05, 4.69) is 0 Å². The van der Waals surface area contributed by atoms with E-state index in [1.165, 1.54) is 6.07 Å². The highest BCUT2D eigenvalue weighted by Gasteiger charge is 2.54. The third-order valence-corrected chi connectivity index (χ3v) is 3.04. The van der Waals surface area contributed by atoms with Gasteiger partial charge in [-0.15, -0.1) is 0 Å². The molecule has 0 amide bonds. The zero-order valence-electron chi connectivity index (χ0n) is 8.35. The molecule has 16 heavy (non-hydrogen) atoms. The highest BCUT2D eigenvalue weighted by atomic mass is 19.1. The van der Waals surface area contributed by atoms with Gasteiger partial charge in [0.15, 0.2) is 6.10 Å². The van der Waals surface area contributed by atoms with Crippen molar-refractivity contribution in [2.45, 2.75) is 24.4 Å². The fourth-order valence-corrected chi connectivity index (χ4v) is 1.97. The number of carboxylic acids is 1. The molecule has 1 atom stereocenters. The molecule has 1 saturated carbocycles. The molecule has 0 spiro atoms. The molecule has 2 rings (SSSR count). The fourth-order valence-electron chi connectivity index (χ4n) is 1.97. The molecule has 1 aliphatic rings. The van der Waals surface area contributed by atoms with Gasteiger partial charge < -0.3 is 15.3 Å². The number of carbonyl (C=O) groups is 1. The minimum atomic E-state index is -1.61. The molecule has 0 aliphatic heterocycles. The van der Waals surface area contributed by atoms with Crippen LogP contribution in [0.5, 0.6) is 5.75 Å². The van der Waals surface area contributed by atoms with Gasteiger partial charge in [-0.25, -0.2) is 9.18 Å². The highest BCUT2D eigenvalue weighted by molar-refractivity contribution is 5.76. The predicted molar refractivity (Wildman–Crippen MR) is 52.6 cm³/mol. The van der Waals surface area contributed by atoms with Gasteiger partial charge in [-0.1, -0.05) is 0 Å². The molecular weight excluding hydrogens is 215 g/mol. The van der Waals surface area contributed by atoms with E-state index in [1.807, 2.05) is 0 Å². The van der Waals surface area contributed by atoms with E-state index in [0.717, 1.165) is 12.1 Å². The Kier molecular flexibility index (Phi) is 2.35. The average molecular weight is 226 g/mol. The molecule has 0 saturated heterocycles. The van der Waals surface area contributed by atoms with E-state index >= 15 is 0 Å². The predicted octanol–water partition coefficient (Wildman–Crippen LogP) is 1.01. The molecule has 1 aromatic carbocycles. The summed E-state index contributed by atoms with van der Waals surface area (Å²) in [7, 11) is 0. The van der Waals surface area contributed by atoms with Gasteiger partial charge in [-0.3, -0.25) is 0 Å². The molecule has 0 heterocycles. The molecular formula is C11H11FO4. The number of hydrogen-bond donors (Lipinski definition) is 3. The first-order chi connectivity index (χ1) is 7.47. The monoisotopic (exact) mass is 226 g/mol. The number of halogens is 1. The summed E-state index contributed by atoms with van der Waals surface area (Å²) < 4.78 is 13.0. The zero-order valence-corrected chi connectivity index (χ0v) is 8.35. The van der Waals surface area contributed by atoms with Gasteiger partial charge in [-0.05, 0) is 31.0 Å². The SMILES string of the molecule is O=C(O)C(O)C1(c2cc(F)ccc2O)CC1. The minimum Gasteiger partial charge on any atom is -0.508 e. The number of aromatic hydroxyl groups is 1. The molecule has 4 nitrogen and oxygen atoms in total. The number of aliphatic carboxylic acids is 1. The second-order valence-electron chi connectivity index (χ2n) is 4.06. The van der Waals surface area contributed by atoms with Crippen molar-refractivity contribution in [3.05, 3.63) is 29.6 Å². The summed E-state index contributed by atoms with van der Waals surface area (Å²) >= 11 is 0. The lowest BCUT2D eigenvalue weighted by atomic mass is 9.89. The fraction of sp³-hybridized carbons (Fsp3) is 0.364. The average Bonchev–Trinajstić information content (AvgIpc) is 3.01. The normalized spacial score (nSPS) is 19.1. The van der Waals surface area contributed by atoms with Crippen LogP contribution in [0.2, 0.25) is 0 Å². The summed E-state index contributed by atoms with van der Waals surface area (Å²) in [6.07, 6.45) is -0.755. The van der Waals surface area contributed by atoms with Crippen LogP contribution >= 0.6 is 0 Å². The molecule has 1 unspecified atom stereocenters. The number of phenolic OH excluding ortho intramolecular Hbond substituents is 1. The van der Waals surface area contributed by atoms with Crippen LogP contribution in [-0.4, -0.2) is 27.4 Å². The van der Waals surface area contributed by atoms with Crippen molar-refractivity contribution in [1.82, 2.24) is 0 Å². The maximum atomic E-state index is 13.0. The van der Waals surface area contributed by atoms with Crippen molar-refractivity contribution in [3.8, 4) is 5.75 Å². The lowest BCUT2D eigenvalue weighted by Gasteiger charge is -2.20. The summed E-state index contributed by atoms with van der Waals surface area (Å²) in [5.41, 5.74) is -0.861. The number of carboxylic acid groups (broad SMARTS) is 1. The van der Waals surface area contributed by atoms with Gasteiger partial charge in [0.25, 0.3) is 0 Å². The number of rotatable bonds is 3. The van der Waals surface area contributed by atoms with Crippen molar-refractivity contribution in [2.75, 3.05) is 0 Å². The Bertz CT molecular complexity index is 440. The topological polar surface area (TPSA) is 77.8 Å². The number of benzene rings is 1. The van der Waals surface area contributed by atoms with Crippen molar-refractivity contribution in [1.29, 1.82) is 0 Å². The Morgan fingerprint density at radius 2 is 2.06 bits per heavy atom. The quantitative estimate of drug-likeness (QED) is 0.718. The second-order valence-corrected chi connectivity index (χ2v) is 4.06. The molecule has 1 fully saturated rings. The third kappa shape index (κ3) is 1.53. The van der Waals surface area contributed by atoms with E-state index in [4.69, 9.17) is 5.11 Å². The third-order valence-electron chi connectivity index (χ3n) is 3.04. The Labute approximate surface area is 91.0 Å². The van der Waals surface area contributed by atoms with Crippen molar-refractivity contribution in [3.63, 3.8) is 0 Å². The van der Waals surface area contributed by atoms with Crippen LogP contribution in [0, 0.1) is 5.82 Å². The molecule has 5 heteroatoms. The summed E-state index contributed by atoms with van der Waals surface area (Å²) in [6.45, 7) is 0. The molecule has 0 aromatic heterocycles. The zero-order chi connectivity index (χ0) is 11.9.